The minimum Gasteiger partial charge on any atom is -0.497 e. The second-order valence-electron chi connectivity index (χ2n) is 5.49. The number of β-amino-alcohol motifs (C(OH)–C–C–N with tert-alkyl or cyclic N) is 1. The summed E-state index contributed by atoms with van der Waals surface area (Å²) >= 11 is 0. The summed E-state index contributed by atoms with van der Waals surface area (Å²) < 4.78 is 19.1. The maximum atomic E-state index is 13.8. The van der Waals surface area contributed by atoms with Crippen LogP contribution in [0.1, 0.15) is 28.4 Å². The van der Waals surface area contributed by atoms with Crippen molar-refractivity contribution in [3.05, 3.63) is 59.7 Å². The van der Waals surface area contributed by atoms with E-state index >= 15 is 0 Å². The first-order valence-corrected chi connectivity index (χ1v) is 7.32. The number of aromatic nitrogens is 1. The number of rotatable bonds is 3. The van der Waals surface area contributed by atoms with Gasteiger partial charge in [0, 0.05) is 12.7 Å². The van der Waals surface area contributed by atoms with Crippen LogP contribution in [0.4, 0.5) is 4.39 Å². The number of pyridine rings is 1. The maximum absolute atomic E-state index is 13.8. The van der Waals surface area contributed by atoms with Crippen molar-refractivity contribution in [3.63, 3.8) is 0 Å². The highest BCUT2D eigenvalue weighted by molar-refractivity contribution is 5.94. The van der Waals surface area contributed by atoms with E-state index in [1.807, 2.05) is 24.3 Å². The van der Waals surface area contributed by atoms with Gasteiger partial charge in [0.25, 0.3) is 5.91 Å². The number of carbonyl (C=O) groups excluding carboxylic acids is 1. The molecule has 0 spiro atoms. The summed E-state index contributed by atoms with van der Waals surface area (Å²) in [5.74, 6) is -0.441. The Kier molecular flexibility index (Phi) is 4.25. The molecule has 1 amide bonds. The minimum atomic E-state index is -0.664. The summed E-state index contributed by atoms with van der Waals surface area (Å²) in [5, 5.41) is 9.99. The van der Waals surface area contributed by atoms with Crippen LogP contribution in [0, 0.1) is 5.82 Å². The van der Waals surface area contributed by atoms with Gasteiger partial charge in [-0.15, -0.1) is 0 Å². The Morgan fingerprint density at radius 2 is 2.26 bits per heavy atom. The molecule has 1 fully saturated rings. The zero-order valence-electron chi connectivity index (χ0n) is 12.6. The van der Waals surface area contributed by atoms with Gasteiger partial charge in [-0.3, -0.25) is 9.78 Å². The number of aliphatic hydroxyl groups is 1. The maximum Gasteiger partial charge on any atom is 0.257 e. The molecule has 1 aromatic heterocycles. The molecule has 120 valence electrons. The average Bonchev–Trinajstić information content (AvgIpc) is 2.96. The first-order chi connectivity index (χ1) is 11.1. The third-order valence-electron chi connectivity index (χ3n) is 4.02. The lowest BCUT2D eigenvalue weighted by molar-refractivity contribution is 0.0710. The summed E-state index contributed by atoms with van der Waals surface area (Å²) in [5.41, 5.74) is 0.811. The molecule has 5 nitrogen and oxygen atoms in total. The van der Waals surface area contributed by atoms with Crippen molar-refractivity contribution < 1.29 is 19.0 Å². The lowest BCUT2D eigenvalue weighted by Crippen LogP contribution is -2.32. The van der Waals surface area contributed by atoms with Crippen LogP contribution in [0.25, 0.3) is 0 Å². The number of amides is 1. The van der Waals surface area contributed by atoms with Gasteiger partial charge in [-0.2, -0.15) is 0 Å². The Morgan fingerprint density at radius 1 is 1.43 bits per heavy atom. The number of hydrogen-bond donors (Lipinski definition) is 1. The lowest BCUT2D eigenvalue weighted by atomic mass is 10.0. The van der Waals surface area contributed by atoms with Crippen LogP contribution in [-0.2, 0) is 0 Å². The van der Waals surface area contributed by atoms with Gasteiger partial charge in [0.2, 0.25) is 0 Å². The van der Waals surface area contributed by atoms with Crippen LogP contribution in [0.5, 0.6) is 5.75 Å². The largest absolute Gasteiger partial charge is 0.497 e. The second kappa shape index (κ2) is 6.34. The fraction of sp³-hybridized carbons (Fsp3) is 0.294. The number of hydrogen-bond acceptors (Lipinski definition) is 4. The molecular formula is C17H17FN2O3. The van der Waals surface area contributed by atoms with Crippen molar-refractivity contribution in [2.24, 2.45) is 0 Å². The molecule has 2 aromatic rings. The van der Waals surface area contributed by atoms with E-state index < -0.39 is 17.8 Å². The van der Waals surface area contributed by atoms with Crippen molar-refractivity contribution in [2.45, 2.75) is 18.6 Å². The van der Waals surface area contributed by atoms with Crippen LogP contribution in [0.2, 0.25) is 0 Å². The number of likely N-dealkylation sites (tertiary alicyclic amines) is 1. The number of benzene rings is 1. The van der Waals surface area contributed by atoms with E-state index in [0.717, 1.165) is 11.8 Å². The van der Waals surface area contributed by atoms with Gasteiger partial charge in [0.05, 0.1) is 31.0 Å². The molecule has 0 radical (unpaired) electrons. The second-order valence-corrected chi connectivity index (χ2v) is 5.49. The van der Waals surface area contributed by atoms with Crippen LogP contribution < -0.4 is 4.74 Å². The normalized spacial score (nSPS) is 20.6. The van der Waals surface area contributed by atoms with Crippen molar-refractivity contribution >= 4 is 5.91 Å². The molecule has 23 heavy (non-hydrogen) atoms. The number of ether oxygens (including phenoxy) is 1. The highest BCUT2D eigenvalue weighted by Gasteiger charge is 2.36. The fourth-order valence-corrected chi connectivity index (χ4v) is 2.91. The van der Waals surface area contributed by atoms with Gasteiger partial charge in [0.15, 0.2) is 5.82 Å². The van der Waals surface area contributed by atoms with Gasteiger partial charge in [-0.25, -0.2) is 4.39 Å². The Hall–Kier alpha value is -2.47. The van der Waals surface area contributed by atoms with Crippen LogP contribution in [-0.4, -0.2) is 40.7 Å². The predicted octanol–water partition coefficient (Wildman–Crippen LogP) is 2.18. The molecule has 3 rings (SSSR count). The van der Waals surface area contributed by atoms with E-state index in [2.05, 4.69) is 4.98 Å². The molecule has 1 N–H and O–H groups in total. The van der Waals surface area contributed by atoms with Gasteiger partial charge < -0.3 is 14.7 Å². The SMILES string of the molecule is COc1cccc([C@H]2C[C@H](O)CN2C(=O)c2ccncc2F)c1. The van der Waals surface area contributed by atoms with Crippen molar-refractivity contribution in [1.29, 1.82) is 0 Å². The monoisotopic (exact) mass is 316 g/mol. The summed E-state index contributed by atoms with van der Waals surface area (Å²) in [6.07, 6.45) is 2.16. The fourth-order valence-electron chi connectivity index (χ4n) is 2.91. The quantitative estimate of drug-likeness (QED) is 0.943. The summed E-state index contributed by atoms with van der Waals surface area (Å²) in [4.78, 5) is 17.8. The molecular weight excluding hydrogens is 299 g/mol. The topological polar surface area (TPSA) is 62.7 Å². The number of halogens is 1. The zero-order chi connectivity index (χ0) is 16.4. The molecule has 2 heterocycles. The van der Waals surface area contributed by atoms with Crippen molar-refractivity contribution in [1.82, 2.24) is 9.88 Å². The molecule has 1 aromatic carbocycles. The Balaban J connectivity index is 1.93. The van der Waals surface area contributed by atoms with E-state index in [1.165, 1.54) is 17.2 Å². The third kappa shape index (κ3) is 3.03. The van der Waals surface area contributed by atoms with Gasteiger partial charge in [-0.05, 0) is 30.2 Å². The molecule has 0 unspecified atom stereocenters. The molecule has 1 saturated heterocycles. The first-order valence-electron chi connectivity index (χ1n) is 7.32. The predicted molar refractivity (Wildman–Crippen MR) is 81.6 cm³/mol. The molecule has 1 aliphatic heterocycles. The average molecular weight is 316 g/mol. The highest BCUT2D eigenvalue weighted by Crippen LogP contribution is 2.34. The van der Waals surface area contributed by atoms with Crippen LogP contribution in [0.3, 0.4) is 0 Å². The van der Waals surface area contributed by atoms with Crippen LogP contribution in [0.15, 0.2) is 42.7 Å². The molecule has 2 atom stereocenters. The van der Waals surface area contributed by atoms with Gasteiger partial charge in [0.1, 0.15) is 5.75 Å². The van der Waals surface area contributed by atoms with E-state index in [-0.39, 0.29) is 18.2 Å². The standard InChI is InChI=1S/C17H17FN2O3/c1-23-13-4-2-3-11(7-13)16-8-12(21)10-20(16)17(22)14-5-6-19-9-15(14)18/h2-7,9,12,16,21H,8,10H2,1H3/t12-,16+/m0/s1. The summed E-state index contributed by atoms with van der Waals surface area (Å²) in [7, 11) is 1.57. The zero-order valence-corrected chi connectivity index (χ0v) is 12.6. The van der Waals surface area contributed by atoms with E-state index in [0.29, 0.717) is 12.2 Å². The van der Waals surface area contributed by atoms with Gasteiger partial charge >= 0.3 is 0 Å². The number of nitrogens with zero attached hydrogens (tertiary/aromatic N) is 2. The Morgan fingerprint density at radius 3 is 3.00 bits per heavy atom. The van der Waals surface area contributed by atoms with E-state index in [1.54, 1.807) is 7.11 Å². The van der Waals surface area contributed by atoms with Gasteiger partial charge in [-0.1, -0.05) is 12.1 Å². The molecule has 0 saturated carbocycles. The van der Waals surface area contributed by atoms with Crippen molar-refractivity contribution in [3.8, 4) is 5.75 Å². The smallest absolute Gasteiger partial charge is 0.257 e. The summed E-state index contributed by atoms with van der Waals surface area (Å²) in [6, 6.07) is 8.36. The lowest BCUT2D eigenvalue weighted by Gasteiger charge is -2.25. The third-order valence-corrected chi connectivity index (χ3v) is 4.02. The first kappa shape index (κ1) is 15.4. The minimum absolute atomic E-state index is 0.0398. The van der Waals surface area contributed by atoms with E-state index in [4.69, 9.17) is 4.74 Å². The number of aliphatic hydroxyl groups excluding tert-OH is 1. The highest BCUT2D eigenvalue weighted by atomic mass is 19.1. The van der Waals surface area contributed by atoms with Crippen LogP contribution >= 0.6 is 0 Å². The number of methoxy groups -OCH3 is 1. The molecule has 0 aliphatic carbocycles. The molecule has 6 heteroatoms. The van der Waals surface area contributed by atoms with E-state index in [9.17, 15) is 14.3 Å². The molecule has 1 aliphatic rings. The molecule has 0 bridgehead atoms. The summed E-state index contributed by atoms with van der Waals surface area (Å²) in [6.45, 7) is 0.169. The van der Waals surface area contributed by atoms with Crippen molar-refractivity contribution in [2.75, 3.05) is 13.7 Å². The Bertz CT molecular complexity index is 722. The number of carbonyl (C=O) groups is 1. The Labute approximate surface area is 133 Å².